The van der Waals surface area contributed by atoms with Crippen molar-refractivity contribution in [2.45, 2.75) is 46.1 Å². The number of halogens is 2. The Balaban J connectivity index is 1.67. The third kappa shape index (κ3) is 5.70. The molecule has 3 aromatic rings. The molecular weight excluding hydrogens is 443 g/mol. The van der Waals surface area contributed by atoms with E-state index in [-0.39, 0.29) is 5.92 Å². The predicted molar refractivity (Wildman–Crippen MR) is 130 cm³/mol. The van der Waals surface area contributed by atoms with Gasteiger partial charge >= 0.3 is 0 Å². The van der Waals surface area contributed by atoms with E-state index in [4.69, 9.17) is 28.2 Å². The number of ketones is 1. The van der Waals surface area contributed by atoms with Crippen molar-refractivity contribution in [3.8, 4) is 11.3 Å². The number of carbonyl (C=O) groups is 1. The lowest BCUT2D eigenvalue weighted by atomic mass is 10.0. The van der Waals surface area contributed by atoms with Gasteiger partial charge in [0, 0.05) is 49.1 Å². The molecule has 7 heteroatoms. The standard InChI is InChI=1S/C25H28Cl2N4O/c1-16(2)12-22-24(19-7-8-20(26)21(27)13-19)30-25(29-22)31(11-9-23(32)18-5-6-18)15-17-4-3-10-28-14-17/h3-4,7-8,10,13-14,16,18H,5-6,9,11-12,15H2,1-2H3,(H,29,30). The normalized spacial score (nSPS) is 13.5. The van der Waals surface area contributed by atoms with Crippen LogP contribution in [0.1, 0.15) is 44.4 Å². The summed E-state index contributed by atoms with van der Waals surface area (Å²) in [6.07, 6.45) is 7.05. The van der Waals surface area contributed by atoms with E-state index in [1.165, 1.54) is 0 Å². The number of aromatic nitrogens is 3. The number of nitrogens with one attached hydrogen (secondary N) is 1. The summed E-state index contributed by atoms with van der Waals surface area (Å²) in [5.74, 6) is 1.82. The summed E-state index contributed by atoms with van der Waals surface area (Å²) >= 11 is 12.4. The summed E-state index contributed by atoms with van der Waals surface area (Å²) in [5, 5.41) is 1.03. The predicted octanol–water partition coefficient (Wildman–Crippen LogP) is 6.35. The number of nitrogens with zero attached hydrogens (tertiary/aromatic N) is 3. The van der Waals surface area contributed by atoms with Gasteiger partial charge < -0.3 is 9.88 Å². The second-order valence-electron chi connectivity index (χ2n) is 8.89. The Bertz CT molecular complexity index is 1080. The van der Waals surface area contributed by atoms with Crippen molar-refractivity contribution in [1.82, 2.24) is 15.0 Å². The molecule has 1 fully saturated rings. The molecule has 0 amide bonds. The highest BCUT2D eigenvalue weighted by atomic mass is 35.5. The molecule has 0 radical (unpaired) electrons. The topological polar surface area (TPSA) is 61.9 Å². The van der Waals surface area contributed by atoms with Crippen molar-refractivity contribution < 1.29 is 4.79 Å². The molecule has 32 heavy (non-hydrogen) atoms. The summed E-state index contributed by atoms with van der Waals surface area (Å²) in [4.78, 5) is 27.3. The molecule has 0 aliphatic heterocycles. The fraction of sp³-hybridized carbons (Fsp3) is 0.400. The van der Waals surface area contributed by atoms with E-state index in [1.54, 1.807) is 12.3 Å². The maximum Gasteiger partial charge on any atom is 0.203 e. The van der Waals surface area contributed by atoms with E-state index in [9.17, 15) is 4.79 Å². The number of hydrogen-bond acceptors (Lipinski definition) is 4. The third-order valence-electron chi connectivity index (χ3n) is 5.63. The fourth-order valence-electron chi connectivity index (χ4n) is 3.81. The molecule has 0 bridgehead atoms. The van der Waals surface area contributed by atoms with Gasteiger partial charge in [0.1, 0.15) is 5.78 Å². The van der Waals surface area contributed by atoms with Crippen LogP contribution in [0.4, 0.5) is 5.95 Å². The summed E-state index contributed by atoms with van der Waals surface area (Å²) in [7, 11) is 0. The SMILES string of the molecule is CC(C)Cc1[nH]c(N(CCC(=O)C2CC2)Cc2cccnc2)nc1-c1ccc(Cl)c(Cl)c1. The number of carbonyl (C=O) groups excluding carboxylic acids is 1. The number of hydrogen-bond donors (Lipinski definition) is 1. The minimum atomic E-state index is 0.259. The molecule has 2 aromatic heterocycles. The van der Waals surface area contributed by atoms with E-state index in [1.807, 2.05) is 30.5 Å². The first-order chi connectivity index (χ1) is 15.4. The zero-order valence-corrected chi connectivity index (χ0v) is 20.0. The Morgan fingerprint density at radius 2 is 2.03 bits per heavy atom. The number of benzene rings is 1. The molecule has 1 N–H and O–H groups in total. The Labute approximate surface area is 199 Å². The average Bonchev–Trinajstić information content (AvgIpc) is 3.54. The monoisotopic (exact) mass is 470 g/mol. The number of Topliss-reactive ketones (excluding diaryl/α,β-unsaturated/α-hetero) is 1. The smallest absolute Gasteiger partial charge is 0.203 e. The lowest BCUT2D eigenvalue weighted by molar-refractivity contribution is -0.120. The Morgan fingerprint density at radius 3 is 2.69 bits per heavy atom. The van der Waals surface area contributed by atoms with Crippen LogP contribution in [0, 0.1) is 11.8 Å². The van der Waals surface area contributed by atoms with Crippen molar-refractivity contribution in [3.05, 3.63) is 64.0 Å². The van der Waals surface area contributed by atoms with Crippen LogP contribution in [0.3, 0.4) is 0 Å². The second-order valence-corrected chi connectivity index (χ2v) is 9.70. The Kier molecular flexibility index (Phi) is 7.17. The maximum atomic E-state index is 12.4. The van der Waals surface area contributed by atoms with Crippen molar-refractivity contribution >= 4 is 34.9 Å². The molecule has 0 saturated heterocycles. The zero-order valence-electron chi connectivity index (χ0n) is 18.4. The molecule has 1 saturated carbocycles. The fourth-order valence-corrected chi connectivity index (χ4v) is 4.11. The van der Waals surface area contributed by atoms with Gasteiger partial charge in [0.25, 0.3) is 0 Å². The van der Waals surface area contributed by atoms with Crippen LogP contribution in [0.15, 0.2) is 42.7 Å². The molecular formula is C25H28Cl2N4O. The number of pyridine rings is 1. The second kappa shape index (κ2) is 10.1. The molecule has 0 atom stereocenters. The van der Waals surface area contributed by atoms with Crippen molar-refractivity contribution in [2.24, 2.45) is 11.8 Å². The summed E-state index contributed by atoms with van der Waals surface area (Å²) in [6.45, 7) is 5.60. The van der Waals surface area contributed by atoms with E-state index >= 15 is 0 Å². The van der Waals surface area contributed by atoms with Crippen molar-refractivity contribution in [3.63, 3.8) is 0 Å². The summed E-state index contributed by atoms with van der Waals surface area (Å²) in [5.41, 5.74) is 3.92. The van der Waals surface area contributed by atoms with E-state index < -0.39 is 0 Å². The van der Waals surface area contributed by atoms with Gasteiger partial charge in [-0.1, -0.05) is 49.2 Å². The largest absolute Gasteiger partial charge is 0.338 e. The van der Waals surface area contributed by atoms with Crippen LogP contribution in [-0.2, 0) is 17.8 Å². The van der Waals surface area contributed by atoms with Gasteiger partial charge in [-0.15, -0.1) is 0 Å². The number of anilines is 1. The van der Waals surface area contributed by atoms with Gasteiger partial charge in [-0.2, -0.15) is 0 Å². The molecule has 1 aromatic carbocycles. The van der Waals surface area contributed by atoms with Crippen molar-refractivity contribution in [2.75, 3.05) is 11.4 Å². The zero-order chi connectivity index (χ0) is 22.7. The Morgan fingerprint density at radius 1 is 1.22 bits per heavy atom. The minimum absolute atomic E-state index is 0.259. The van der Waals surface area contributed by atoms with Gasteiger partial charge in [-0.25, -0.2) is 4.98 Å². The van der Waals surface area contributed by atoms with Crippen molar-refractivity contribution in [1.29, 1.82) is 0 Å². The molecule has 0 spiro atoms. The number of H-pyrrole nitrogens is 1. The molecule has 168 valence electrons. The summed E-state index contributed by atoms with van der Waals surface area (Å²) < 4.78 is 0. The van der Waals surface area contributed by atoms with Crippen LogP contribution in [0.5, 0.6) is 0 Å². The number of rotatable bonds is 10. The molecule has 4 rings (SSSR count). The van der Waals surface area contributed by atoms with E-state index in [2.05, 4.69) is 28.7 Å². The Hall–Kier alpha value is -2.37. The van der Waals surface area contributed by atoms with Gasteiger partial charge in [0.2, 0.25) is 5.95 Å². The lowest BCUT2D eigenvalue weighted by Gasteiger charge is -2.21. The number of imidazole rings is 1. The highest BCUT2D eigenvalue weighted by Gasteiger charge is 2.29. The van der Waals surface area contributed by atoms with E-state index in [0.717, 1.165) is 47.7 Å². The van der Waals surface area contributed by atoms with Gasteiger partial charge in [0.05, 0.1) is 15.7 Å². The quantitative estimate of drug-likeness (QED) is 0.374. The molecule has 1 aliphatic rings. The first-order valence-electron chi connectivity index (χ1n) is 11.1. The van der Waals surface area contributed by atoms with Crippen LogP contribution in [-0.4, -0.2) is 27.3 Å². The maximum absolute atomic E-state index is 12.4. The molecule has 1 aliphatic carbocycles. The number of aromatic amines is 1. The highest BCUT2D eigenvalue weighted by Crippen LogP contribution is 2.33. The first kappa shape index (κ1) is 22.8. The van der Waals surface area contributed by atoms with Gasteiger partial charge in [-0.05, 0) is 48.9 Å². The van der Waals surface area contributed by atoms with Crippen LogP contribution >= 0.6 is 23.2 Å². The molecule has 2 heterocycles. The molecule has 0 unspecified atom stereocenters. The van der Waals surface area contributed by atoms with Gasteiger partial charge in [0.15, 0.2) is 0 Å². The van der Waals surface area contributed by atoms with Crippen LogP contribution in [0.25, 0.3) is 11.3 Å². The first-order valence-corrected chi connectivity index (χ1v) is 11.9. The molecule has 5 nitrogen and oxygen atoms in total. The van der Waals surface area contributed by atoms with E-state index in [0.29, 0.717) is 41.3 Å². The highest BCUT2D eigenvalue weighted by molar-refractivity contribution is 6.42. The van der Waals surface area contributed by atoms with Gasteiger partial charge in [-0.3, -0.25) is 9.78 Å². The summed E-state index contributed by atoms with van der Waals surface area (Å²) in [6, 6.07) is 9.57. The van der Waals surface area contributed by atoms with Crippen LogP contribution < -0.4 is 4.90 Å². The minimum Gasteiger partial charge on any atom is -0.338 e. The average molecular weight is 471 g/mol. The third-order valence-corrected chi connectivity index (χ3v) is 6.37. The lowest BCUT2D eigenvalue weighted by Crippen LogP contribution is -2.27. The van der Waals surface area contributed by atoms with Crippen LogP contribution in [0.2, 0.25) is 10.0 Å².